The van der Waals surface area contributed by atoms with Gasteiger partial charge in [0.25, 0.3) is 0 Å². The van der Waals surface area contributed by atoms with E-state index in [1.165, 1.54) is 12.1 Å². The average Bonchev–Trinajstić information content (AvgIpc) is 2.52. The van der Waals surface area contributed by atoms with Crippen LogP contribution in [0.5, 0.6) is 0 Å². The number of hydrogen-bond acceptors (Lipinski definition) is 4. The van der Waals surface area contributed by atoms with E-state index in [0.717, 1.165) is 5.56 Å². The van der Waals surface area contributed by atoms with Gasteiger partial charge in [-0.05, 0) is 35.9 Å². The van der Waals surface area contributed by atoms with Crippen LogP contribution in [-0.2, 0) is 16.6 Å². The molecule has 8 heteroatoms. The van der Waals surface area contributed by atoms with Crippen LogP contribution in [0, 0.1) is 11.3 Å². The second-order valence-corrected chi connectivity index (χ2v) is 6.25. The summed E-state index contributed by atoms with van der Waals surface area (Å²) in [5.74, 6) is 0. The van der Waals surface area contributed by atoms with Crippen molar-refractivity contribution in [3.63, 3.8) is 0 Å². The van der Waals surface area contributed by atoms with E-state index in [0.29, 0.717) is 11.3 Å². The van der Waals surface area contributed by atoms with Crippen LogP contribution in [-0.4, -0.2) is 14.4 Å². The number of nitrogens with zero attached hydrogens (tertiary/aromatic N) is 1. The topological polar surface area (TPSA) is 125 Å². The highest BCUT2D eigenvalue weighted by Gasteiger charge is 2.07. The summed E-state index contributed by atoms with van der Waals surface area (Å²) in [5.41, 5.74) is 1.67. The fraction of sp³-hybridized carbons (Fsp3) is 0.0667. The highest BCUT2D eigenvalue weighted by atomic mass is 32.2. The highest BCUT2D eigenvalue weighted by Crippen LogP contribution is 2.10. The largest absolute Gasteiger partial charge is 0.334 e. The molecule has 2 aromatic rings. The van der Waals surface area contributed by atoms with E-state index in [2.05, 4.69) is 10.6 Å². The predicted octanol–water partition coefficient (Wildman–Crippen LogP) is 1.53. The van der Waals surface area contributed by atoms with Gasteiger partial charge in [-0.3, -0.25) is 0 Å². The van der Waals surface area contributed by atoms with Gasteiger partial charge in [-0.25, -0.2) is 18.4 Å². The molecular weight excluding hydrogens is 316 g/mol. The second-order valence-electron chi connectivity index (χ2n) is 4.69. The molecule has 0 aromatic heterocycles. The first-order chi connectivity index (χ1) is 10.9. The number of amides is 2. The predicted molar refractivity (Wildman–Crippen MR) is 84.8 cm³/mol. The number of carbonyl (C=O) groups is 1. The zero-order valence-corrected chi connectivity index (χ0v) is 12.8. The van der Waals surface area contributed by atoms with Crippen molar-refractivity contribution >= 4 is 21.7 Å². The number of urea groups is 1. The lowest BCUT2D eigenvalue weighted by Crippen LogP contribution is -2.28. The Bertz CT molecular complexity index is 855. The minimum atomic E-state index is -3.72. The van der Waals surface area contributed by atoms with Crippen LogP contribution in [0.3, 0.4) is 0 Å². The summed E-state index contributed by atoms with van der Waals surface area (Å²) in [7, 11) is -3.72. The van der Waals surface area contributed by atoms with Crippen LogP contribution in [0.1, 0.15) is 11.1 Å². The summed E-state index contributed by atoms with van der Waals surface area (Å²) in [6.07, 6.45) is 0. The van der Waals surface area contributed by atoms with Crippen molar-refractivity contribution in [3.05, 3.63) is 59.7 Å². The molecule has 0 spiro atoms. The fourth-order valence-electron chi connectivity index (χ4n) is 1.82. The monoisotopic (exact) mass is 330 g/mol. The molecule has 2 amide bonds. The van der Waals surface area contributed by atoms with Crippen LogP contribution in [0.4, 0.5) is 10.5 Å². The van der Waals surface area contributed by atoms with E-state index >= 15 is 0 Å². The maximum absolute atomic E-state index is 11.8. The van der Waals surface area contributed by atoms with Gasteiger partial charge in [0.05, 0.1) is 16.5 Å². The number of benzene rings is 2. The Balaban J connectivity index is 1.93. The van der Waals surface area contributed by atoms with E-state index in [4.69, 9.17) is 10.4 Å². The number of nitrogens with two attached hydrogens (primary N) is 1. The molecule has 0 radical (unpaired) electrons. The minimum Gasteiger partial charge on any atom is -0.334 e. The molecule has 7 nitrogen and oxygen atoms in total. The molecule has 2 aromatic carbocycles. The molecule has 0 heterocycles. The zero-order chi connectivity index (χ0) is 16.9. The molecule has 0 saturated carbocycles. The Labute approximate surface area is 133 Å². The van der Waals surface area contributed by atoms with Crippen molar-refractivity contribution in [3.8, 4) is 6.07 Å². The molecule has 0 fully saturated rings. The number of nitriles is 1. The second kappa shape index (κ2) is 6.91. The van der Waals surface area contributed by atoms with Crippen molar-refractivity contribution < 1.29 is 13.2 Å². The molecule has 0 aliphatic rings. The zero-order valence-electron chi connectivity index (χ0n) is 12.0. The van der Waals surface area contributed by atoms with Gasteiger partial charge in [-0.1, -0.05) is 18.2 Å². The van der Waals surface area contributed by atoms with Gasteiger partial charge >= 0.3 is 6.03 Å². The number of rotatable bonds is 4. The first kappa shape index (κ1) is 16.5. The molecule has 23 heavy (non-hydrogen) atoms. The minimum absolute atomic E-state index is 0.0130. The normalized spacial score (nSPS) is 10.6. The van der Waals surface area contributed by atoms with E-state index < -0.39 is 16.1 Å². The lowest BCUT2D eigenvalue weighted by Gasteiger charge is -2.08. The van der Waals surface area contributed by atoms with Crippen molar-refractivity contribution in [1.29, 1.82) is 5.26 Å². The summed E-state index contributed by atoms with van der Waals surface area (Å²) in [4.78, 5) is 11.8. The summed E-state index contributed by atoms with van der Waals surface area (Å²) < 4.78 is 22.3. The van der Waals surface area contributed by atoms with E-state index in [9.17, 15) is 13.2 Å². The Hall–Kier alpha value is -2.89. The summed E-state index contributed by atoms with van der Waals surface area (Å²) in [5, 5.41) is 19.0. The molecule has 0 unspecified atom stereocenters. The van der Waals surface area contributed by atoms with Crippen molar-refractivity contribution in [2.45, 2.75) is 11.4 Å². The Kier molecular flexibility index (Phi) is 4.95. The lowest BCUT2D eigenvalue weighted by molar-refractivity contribution is 0.251. The van der Waals surface area contributed by atoms with Crippen LogP contribution in [0.15, 0.2) is 53.4 Å². The molecule has 0 aliphatic carbocycles. The maximum atomic E-state index is 11.8. The quantitative estimate of drug-likeness (QED) is 0.786. The third kappa shape index (κ3) is 4.81. The van der Waals surface area contributed by atoms with Gasteiger partial charge in [0.2, 0.25) is 10.0 Å². The van der Waals surface area contributed by atoms with Crippen molar-refractivity contribution in [2.75, 3.05) is 5.32 Å². The molecule has 0 atom stereocenters. The van der Waals surface area contributed by atoms with Gasteiger partial charge in [0.1, 0.15) is 0 Å². The molecule has 0 aliphatic heterocycles. The maximum Gasteiger partial charge on any atom is 0.319 e. The Morgan fingerprint density at radius 2 is 1.87 bits per heavy atom. The fourth-order valence-corrected chi connectivity index (χ4v) is 2.34. The molecule has 4 N–H and O–H groups in total. The third-order valence-corrected chi connectivity index (χ3v) is 3.88. The summed E-state index contributed by atoms with van der Waals surface area (Å²) in [6, 6.07) is 14.0. The number of primary sulfonamides is 1. The van der Waals surface area contributed by atoms with Crippen LogP contribution in [0.25, 0.3) is 0 Å². The molecule has 0 saturated heterocycles. The number of anilines is 1. The SMILES string of the molecule is N#Cc1cccc(NC(=O)NCc2ccc(S(N)(=O)=O)cc2)c1. The van der Waals surface area contributed by atoms with Crippen LogP contribution in [0.2, 0.25) is 0 Å². The van der Waals surface area contributed by atoms with Crippen molar-refractivity contribution in [2.24, 2.45) is 5.14 Å². The van der Waals surface area contributed by atoms with Crippen LogP contribution >= 0.6 is 0 Å². The van der Waals surface area contributed by atoms with Gasteiger partial charge in [0.15, 0.2) is 0 Å². The molecule has 118 valence electrons. The highest BCUT2D eigenvalue weighted by molar-refractivity contribution is 7.89. The summed E-state index contributed by atoms with van der Waals surface area (Å²) in [6.45, 7) is 0.217. The molecular formula is C15H14N4O3S. The van der Waals surface area contributed by atoms with Crippen molar-refractivity contribution in [1.82, 2.24) is 5.32 Å². The Morgan fingerprint density at radius 3 is 2.48 bits per heavy atom. The number of sulfonamides is 1. The van der Waals surface area contributed by atoms with Gasteiger partial charge in [-0.15, -0.1) is 0 Å². The number of carbonyl (C=O) groups excluding carboxylic acids is 1. The average molecular weight is 330 g/mol. The van der Waals surface area contributed by atoms with Gasteiger partial charge in [-0.2, -0.15) is 5.26 Å². The first-order valence-corrected chi connectivity index (χ1v) is 8.10. The van der Waals surface area contributed by atoms with Gasteiger partial charge in [0, 0.05) is 12.2 Å². The van der Waals surface area contributed by atoms with Gasteiger partial charge < -0.3 is 10.6 Å². The van der Waals surface area contributed by atoms with E-state index in [1.54, 1.807) is 36.4 Å². The molecule has 2 rings (SSSR count). The Morgan fingerprint density at radius 1 is 1.17 bits per heavy atom. The van der Waals surface area contributed by atoms with E-state index in [-0.39, 0.29) is 11.4 Å². The smallest absolute Gasteiger partial charge is 0.319 e. The number of hydrogen-bond donors (Lipinski definition) is 3. The molecule has 0 bridgehead atoms. The first-order valence-electron chi connectivity index (χ1n) is 6.55. The standard InChI is InChI=1S/C15H14N4O3S/c16-9-12-2-1-3-13(8-12)19-15(20)18-10-11-4-6-14(7-5-11)23(17,21)22/h1-8H,10H2,(H2,17,21,22)(H2,18,19,20). The van der Waals surface area contributed by atoms with E-state index in [1.807, 2.05) is 6.07 Å². The lowest BCUT2D eigenvalue weighted by atomic mass is 10.2. The summed E-state index contributed by atoms with van der Waals surface area (Å²) >= 11 is 0. The number of nitrogens with one attached hydrogen (secondary N) is 2. The third-order valence-electron chi connectivity index (χ3n) is 2.95. The van der Waals surface area contributed by atoms with Crippen LogP contribution < -0.4 is 15.8 Å².